The van der Waals surface area contributed by atoms with Crippen LogP contribution in [0.1, 0.15) is 11.3 Å². The first-order valence-corrected chi connectivity index (χ1v) is 8.08. The molecule has 1 aromatic carbocycles. The Kier molecular flexibility index (Phi) is 4.45. The van der Waals surface area contributed by atoms with Gasteiger partial charge in [0.15, 0.2) is 0 Å². The zero-order valence-electron chi connectivity index (χ0n) is 12.2. The standard InChI is InChI=1S/C16H14ClN3OS/c1-10-3-8-13-14(18-10)15(20-16(17)19-13)22-9-11-4-6-12(21-2)7-5-11/h3-8H,9H2,1-2H3. The SMILES string of the molecule is COc1ccc(CSc2nc(Cl)nc3ccc(C)nc23)cc1. The fraction of sp³-hybridized carbons (Fsp3) is 0.188. The fourth-order valence-corrected chi connectivity index (χ4v) is 3.19. The van der Waals surface area contributed by atoms with Gasteiger partial charge in [0.25, 0.3) is 0 Å². The van der Waals surface area contributed by atoms with Gasteiger partial charge < -0.3 is 4.74 Å². The normalized spacial score (nSPS) is 10.9. The minimum atomic E-state index is 0.246. The maximum Gasteiger partial charge on any atom is 0.224 e. The Labute approximate surface area is 137 Å². The third kappa shape index (κ3) is 3.31. The van der Waals surface area contributed by atoms with Gasteiger partial charge in [-0.1, -0.05) is 23.9 Å². The van der Waals surface area contributed by atoms with Gasteiger partial charge in [-0.05, 0) is 48.4 Å². The van der Waals surface area contributed by atoms with Crippen LogP contribution >= 0.6 is 23.4 Å². The number of hydrogen-bond donors (Lipinski definition) is 0. The molecule has 6 heteroatoms. The number of hydrogen-bond acceptors (Lipinski definition) is 5. The smallest absolute Gasteiger partial charge is 0.224 e. The topological polar surface area (TPSA) is 47.9 Å². The molecule has 0 atom stereocenters. The van der Waals surface area contributed by atoms with E-state index in [2.05, 4.69) is 15.0 Å². The second-order valence-corrected chi connectivity index (χ2v) is 6.06. The number of methoxy groups -OCH3 is 1. The third-order valence-electron chi connectivity index (χ3n) is 3.16. The van der Waals surface area contributed by atoms with Crippen molar-refractivity contribution >= 4 is 34.4 Å². The van der Waals surface area contributed by atoms with Crippen molar-refractivity contribution in [3.05, 3.63) is 52.9 Å². The Morgan fingerprint density at radius 1 is 1.05 bits per heavy atom. The molecule has 0 N–H and O–H groups in total. The molecule has 2 aromatic heterocycles. The van der Waals surface area contributed by atoms with Crippen molar-refractivity contribution in [3.8, 4) is 5.75 Å². The van der Waals surface area contributed by atoms with Gasteiger partial charge in [-0.3, -0.25) is 0 Å². The summed E-state index contributed by atoms with van der Waals surface area (Å²) in [4.78, 5) is 13.1. The van der Waals surface area contributed by atoms with Crippen LogP contribution in [0, 0.1) is 6.92 Å². The highest BCUT2D eigenvalue weighted by Crippen LogP contribution is 2.28. The number of thioether (sulfide) groups is 1. The Morgan fingerprint density at radius 3 is 2.55 bits per heavy atom. The van der Waals surface area contributed by atoms with Crippen LogP contribution in [0.2, 0.25) is 5.28 Å². The number of ether oxygens (including phenoxy) is 1. The summed E-state index contributed by atoms with van der Waals surface area (Å²) in [6, 6.07) is 11.8. The number of rotatable bonds is 4. The van der Waals surface area contributed by atoms with E-state index >= 15 is 0 Å². The van der Waals surface area contributed by atoms with Crippen molar-refractivity contribution < 1.29 is 4.74 Å². The molecule has 22 heavy (non-hydrogen) atoms. The van der Waals surface area contributed by atoms with Crippen LogP contribution in [0.5, 0.6) is 5.75 Å². The Bertz CT molecular complexity index is 808. The quantitative estimate of drug-likeness (QED) is 0.405. The lowest BCUT2D eigenvalue weighted by atomic mass is 10.2. The first-order chi connectivity index (χ1) is 10.7. The lowest BCUT2D eigenvalue weighted by Gasteiger charge is -2.06. The number of nitrogens with zero attached hydrogens (tertiary/aromatic N) is 3. The molecule has 3 rings (SSSR count). The van der Waals surface area contributed by atoms with Crippen LogP contribution in [0.3, 0.4) is 0 Å². The zero-order valence-corrected chi connectivity index (χ0v) is 13.8. The van der Waals surface area contributed by atoms with E-state index in [1.165, 1.54) is 5.56 Å². The molecule has 4 nitrogen and oxygen atoms in total. The summed E-state index contributed by atoms with van der Waals surface area (Å²) in [5.41, 5.74) is 3.68. The van der Waals surface area contributed by atoms with Crippen molar-refractivity contribution in [2.75, 3.05) is 7.11 Å². The molecule has 0 aliphatic heterocycles. The first-order valence-electron chi connectivity index (χ1n) is 6.72. The van der Waals surface area contributed by atoms with E-state index in [1.54, 1.807) is 18.9 Å². The van der Waals surface area contributed by atoms with Crippen LogP contribution in [0.15, 0.2) is 41.4 Å². The molecule has 0 aliphatic carbocycles. The van der Waals surface area contributed by atoms with Gasteiger partial charge in [-0.2, -0.15) is 0 Å². The predicted molar refractivity (Wildman–Crippen MR) is 89.6 cm³/mol. The summed E-state index contributed by atoms with van der Waals surface area (Å²) in [5, 5.41) is 1.05. The maximum absolute atomic E-state index is 6.01. The summed E-state index contributed by atoms with van der Waals surface area (Å²) >= 11 is 7.61. The van der Waals surface area contributed by atoms with E-state index in [9.17, 15) is 0 Å². The second-order valence-electron chi connectivity index (χ2n) is 4.75. The van der Waals surface area contributed by atoms with Gasteiger partial charge in [0, 0.05) is 11.4 Å². The number of benzene rings is 1. The highest BCUT2D eigenvalue weighted by Gasteiger charge is 2.09. The molecule has 0 bridgehead atoms. The highest BCUT2D eigenvalue weighted by atomic mass is 35.5. The molecular formula is C16H14ClN3OS. The molecule has 0 saturated carbocycles. The van der Waals surface area contributed by atoms with Gasteiger partial charge in [0.05, 0.1) is 12.6 Å². The van der Waals surface area contributed by atoms with Crippen molar-refractivity contribution in [2.45, 2.75) is 17.7 Å². The van der Waals surface area contributed by atoms with Gasteiger partial charge in [-0.25, -0.2) is 15.0 Å². The average Bonchev–Trinajstić information content (AvgIpc) is 2.53. The van der Waals surface area contributed by atoms with E-state index in [0.29, 0.717) is 0 Å². The van der Waals surface area contributed by atoms with Crippen LogP contribution in [0.4, 0.5) is 0 Å². The molecule has 112 valence electrons. The summed E-state index contributed by atoms with van der Waals surface area (Å²) < 4.78 is 5.16. The largest absolute Gasteiger partial charge is 0.497 e. The van der Waals surface area contributed by atoms with Gasteiger partial charge in [0.2, 0.25) is 5.28 Å². The maximum atomic E-state index is 6.01. The summed E-state index contributed by atoms with van der Waals surface area (Å²) in [6.45, 7) is 1.95. The molecule has 0 aliphatic rings. The van der Waals surface area contributed by atoms with Crippen LogP contribution in [0.25, 0.3) is 11.0 Å². The van der Waals surface area contributed by atoms with Gasteiger partial charge in [0.1, 0.15) is 16.3 Å². The molecule has 0 saturated heterocycles. The summed E-state index contributed by atoms with van der Waals surface area (Å²) in [7, 11) is 1.66. The minimum absolute atomic E-state index is 0.246. The highest BCUT2D eigenvalue weighted by molar-refractivity contribution is 7.98. The first kappa shape index (κ1) is 15.1. The van der Waals surface area contributed by atoms with Crippen molar-refractivity contribution in [3.63, 3.8) is 0 Å². The molecule has 0 spiro atoms. The lowest BCUT2D eigenvalue weighted by molar-refractivity contribution is 0.414. The molecule has 0 radical (unpaired) electrons. The lowest BCUT2D eigenvalue weighted by Crippen LogP contribution is -1.94. The van der Waals surface area contributed by atoms with Crippen molar-refractivity contribution in [1.29, 1.82) is 0 Å². The molecular weight excluding hydrogens is 318 g/mol. The molecule has 0 fully saturated rings. The van der Waals surface area contributed by atoms with Crippen LogP contribution < -0.4 is 4.74 Å². The van der Waals surface area contributed by atoms with Gasteiger partial charge in [-0.15, -0.1) is 0 Å². The van der Waals surface area contributed by atoms with Crippen molar-refractivity contribution in [2.24, 2.45) is 0 Å². The summed E-state index contributed by atoms with van der Waals surface area (Å²) in [5.74, 6) is 1.63. The van der Waals surface area contributed by atoms with E-state index in [4.69, 9.17) is 16.3 Å². The molecule has 0 amide bonds. The van der Waals surface area contributed by atoms with Gasteiger partial charge >= 0.3 is 0 Å². The Morgan fingerprint density at radius 2 is 1.82 bits per heavy atom. The van der Waals surface area contributed by atoms with Crippen LogP contribution in [-0.4, -0.2) is 22.1 Å². The number of fused-ring (bicyclic) bond motifs is 1. The number of pyridine rings is 1. The third-order valence-corrected chi connectivity index (χ3v) is 4.36. The van der Waals surface area contributed by atoms with Crippen LogP contribution in [-0.2, 0) is 5.75 Å². The summed E-state index contributed by atoms with van der Waals surface area (Å²) in [6.07, 6.45) is 0. The van der Waals surface area contributed by atoms with E-state index in [-0.39, 0.29) is 5.28 Å². The van der Waals surface area contributed by atoms with Crippen molar-refractivity contribution in [1.82, 2.24) is 15.0 Å². The number of aryl methyl sites for hydroxylation is 1. The minimum Gasteiger partial charge on any atom is -0.497 e. The second kappa shape index (κ2) is 6.50. The van der Waals surface area contributed by atoms with E-state index < -0.39 is 0 Å². The number of aromatic nitrogens is 3. The monoisotopic (exact) mass is 331 g/mol. The molecule has 3 aromatic rings. The Balaban J connectivity index is 1.87. The predicted octanol–water partition coefficient (Wildman–Crippen LogP) is 4.29. The molecule has 0 unspecified atom stereocenters. The average molecular weight is 332 g/mol. The molecule has 2 heterocycles. The van der Waals surface area contributed by atoms with E-state index in [0.717, 1.165) is 33.3 Å². The Hall–Kier alpha value is -1.85. The van der Waals surface area contributed by atoms with E-state index in [1.807, 2.05) is 43.3 Å². The fourth-order valence-electron chi connectivity index (χ4n) is 2.03. The zero-order chi connectivity index (χ0) is 15.5. The number of halogens is 1.